The van der Waals surface area contributed by atoms with Crippen LogP contribution in [0.15, 0.2) is 24.3 Å². The fraction of sp³-hybridized carbons (Fsp3) is 0.474. The highest BCUT2D eigenvalue weighted by molar-refractivity contribution is 7.15. The minimum absolute atomic E-state index is 0.121. The van der Waals surface area contributed by atoms with Gasteiger partial charge in [-0.3, -0.25) is 10.1 Å². The molecule has 2 aromatic rings. The second-order valence-corrected chi connectivity index (χ2v) is 8.00. The van der Waals surface area contributed by atoms with E-state index < -0.39 is 0 Å². The van der Waals surface area contributed by atoms with Crippen molar-refractivity contribution in [3.05, 3.63) is 40.4 Å². The molecule has 128 valence electrons. The standard InChI is InChI=1S/C19H24N2O2S/c1-12(2)11-23-15-7-5-14(6-8-15)18(22)21-19-20-16-9-4-13(3)10-17(16)24-19/h5-8,12-13H,4,9-11H2,1-3H3,(H,20,21,22)/t13-/m1/s1. The number of aryl methyl sites for hydroxylation is 1. The van der Waals surface area contributed by atoms with Crippen LogP contribution in [0.3, 0.4) is 0 Å². The van der Waals surface area contributed by atoms with Gasteiger partial charge in [0.25, 0.3) is 5.91 Å². The van der Waals surface area contributed by atoms with Crippen LogP contribution in [-0.4, -0.2) is 17.5 Å². The third kappa shape index (κ3) is 4.15. The summed E-state index contributed by atoms with van der Waals surface area (Å²) in [6, 6.07) is 7.26. The maximum absolute atomic E-state index is 12.4. The Morgan fingerprint density at radius 2 is 2.12 bits per heavy atom. The molecule has 0 saturated heterocycles. The van der Waals surface area contributed by atoms with Crippen molar-refractivity contribution in [3.8, 4) is 5.75 Å². The SMILES string of the molecule is CC(C)COc1ccc(C(=O)Nc2nc3c(s2)C[C@H](C)CC3)cc1. The summed E-state index contributed by atoms with van der Waals surface area (Å²) in [4.78, 5) is 18.3. The van der Waals surface area contributed by atoms with Gasteiger partial charge in [0.15, 0.2) is 5.13 Å². The molecule has 3 rings (SSSR count). The van der Waals surface area contributed by atoms with Crippen LogP contribution < -0.4 is 10.1 Å². The number of anilines is 1. The molecule has 1 aliphatic rings. The predicted octanol–water partition coefficient (Wildman–Crippen LogP) is 4.56. The summed E-state index contributed by atoms with van der Waals surface area (Å²) >= 11 is 1.61. The lowest BCUT2D eigenvalue weighted by Crippen LogP contribution is -2.12. The Balaban J connectivity index is 1.62. The molecule has 0 radical (unpaired) electrons. The van der Waals surface area contributed by atoms with E-state index in [1.54, 1.807) is 23.5 Å². The molecule has 1 atom stereocenters. The maximum Gasteiger partial charge on any atom is 0.257 e. The highest BCUT2D eigenvalue weighted by atomic mass is 32.1. The largest absolute Gasteiger partial charge is 0.493 e. The highest BCUT2D eigenvalue weighted by Crippen LogP contribution is 2.32. The first-order valence-corrected chi connectivity index (χ1v) is 9.35. The Morgan fingerprint density at radius 3 is 2.83 bits per heavy atom. The average molecular weight is 344 g/mol. The van der Waals surface area contributed by atoms with Gasteiger partial charge in [-0.1, -0.05) is 20.8 Å². The molecule has 1 aromatic heterocycles. The normalized spacial score (nSPS) is 16.8. The minimum Gasteiger partial charge on any atom is -0.493 e. The van der Waals surface area contributed by atoms with E-state index in [0.29, 0.717) is 29.1 Å². The van der Waals surface area contributed by atoms with Gasteiger partial charge in [0.1, 0.15) is 5.75 Å². The summed E-state index contributed by atoms with van der Waals surface area (Å²) in [5.41, 5.74) is 1.78. The van der Waals surface area contributed by atoms with E-state index in [-0.39, 0.29) is 5.91 Å². The van der Waals surface area contributed by atoms with Gasteiger partial charge < -0.3 is 4.74 Å². The lowest BCUT2D eigenvalue weighted by Gasteiger charge is -2.15. The molecular formula is C19H24N2O2S. The summed E-state index contributed by atoms with van der Waals surface area (Å²) in [6.07, 6.45) is 3.28. The lowest BCUT2D eigenvalue weighted by atomic mass is 9.93. The highest BCUT2D eigenvalue weighted by Gasteiger charge is 2.20. The number of rotatable bonds is 5. The van der Waals surface area contributed by atoms with E-state index in [1.165, 1.54) is 11.3 Å². The molecule has 0 spiro atoms. The van der Waals surface area contributed by atoms with Crippen LogP contribution in [-0.2, 0) is 12.8 Å². The van der Waals surface area contributed by atoms with Crippen LogP contribution in [0.25, 0.3) is 0 Å². The van der Waals surface area contributed by atoms with Crippen molar-refractivity contribution in [2.45, 2.75) is 40.0 Å². The second kappa shape index (κ2) is 7.34. The van der Waals surface area contributed by atoms with E-state index in [0.717, 1.165) is 24.3 Å². The van der Waals surface area contributed by atoms with Crippen LogP contribution >= 0.6 is 11.3 Å². The number of carbonyl (C=O) groups is 1. The van der Waals surface area contributed by atoms with E-state index >= 15 is 0 Å². The molecule has 0 aliphatic heterocycles. The van der Waals surface area contributed by atoms with Gasteiger partial charge in [-0.2, -0.15) is 0 Å². The van der Waals surface area contributed by atoms with E-state index in [9.17, 15) is 4.79 Å². The number of ether oxygens (including phenoxy) is 1. The molecule has 1 heterocycles. The van der Waals surface area contributed by atoms with Gasteiger partial charge in [-0.25, -0.2) is 4.98 Å². The van der Waals surface area contributed by atoms with Crippen LogP contribution in [0.4, 0.5) is 5.13 Å². The smallest absolute Gasteiger partial charge is 0.257 e. The topological polar surface area (TPSA) is 51.2 Å². The van der Waals surface area contributed by atoms with Crippen LogP contribution in [0.2, 0.25) is 0 Å². The summed E-state index contributed by atoms with van der Waals surface area (Å²) < 4.78 is 5.64. The Hall–Kier alpha value is -1.88. The Kier molecular flexibility index (Phi) is 5.19. The molecule has 24 heavy (non-hydrogen) atoms. The van der Waals surface area contributed by atoms with Gasteiger partial charge in [0.2, 0.25) is 0 Å². The maximum atomic E-state index is 12.4. The number of nitrogens with one attached hydrogen (secondary N) is 1. The van der Waals surface area contributed by atoms with Crippen molar-refractivity contribution in [2.75, 3.05) is 11.9 Å². The number of aromatic nitrogens is 1. The number of fused-ring (bicyclic) bond motifs is 1. The summed E-state index contributed by atoms with van der Waals surface area (Å²) in [6.45, 7) is 7.16. The molecule has 1 aliphatic carbocycles. The van der Waals surface area contributed by atoms with Gasteiger partial charge in [-0.05, 0) is 55.4 Å². The Morgan fingerprint density at radius 1 is 1.38 bits per heavy atom. The first-order chi connectivity index (χ1) is 11.5. The summed E-state index contributed by atoms with van der Waals surface area (Å²) in [5.74, 6) is 1.86. The molecule has 1 aromatic carbocycles. The molecule has 0 fully saturated rings. The van der Waals surface area contributed by atoms with Gasteiger partial charge in [0, 0.05) is 10.4 Å². The van der Waals surface area contributed by atoms with Crippen molar-refractivity contribution in [1.29, 1.82) is 0 Å². The van der Waals surface area contributed by atoms with Crippen LogP contribution in [0.5, 0.6) is 5.75 Å². The molecule has 1 amide bonds. The molecular weight excluding hydrogens is 320 g/mol. The van der Waals surface area contributed by atoms with Crippen molar-refractivity contribution < 1.29 is 9.53 Å². The predicted molar refractivity (Wildman–Crippen MR) is 98.0 cm³/mol. The lowest BCUT2D eigenvalue weighted by molar-refractivity contribution is 0.102. The van der Waals surface area contributed by atoms with E-state index in [4.69, 9.17) is 4.74 Å². The van der Waals surface area contributed by atoms with Crippen LogP contribution in [0.1, 0.15) is 48.1 Å². The zero-order valence-corrected chi connectivity index (χ0v) is 15.3. The first kappa shape index (κ1) is 17.0. The van der Waals surface area contributed by atoms with Crippen molar-refractivity contribution in [2.24, 2.45) is 11.8 Å². The average Bonchev–Trinajstić information content (AvgIpc) is 2.94. The second-order valence-electron chi connectivity index (χ2n) is 6.92. The fourth-order valence-electron chi connectivity index (χ4n) is 2.73. The molecule has 0 saturated carbocycles. The van der Waals surface area contributed by atoms with Crippen LogP contribution in [0, 0.1) is 11.8 Å². The minimum atomic E-state index is -0.121. The zero-order valence-electron chi connectivity index (χ0n) is 14.5. The van der Waals surface area contributed by atoms with Crippen molar-refractivity contribution in [1.82, 2.24) is 4.98 Å². The first-order valence-electron chi connectivity index (χ1n) is 8.54. The number of carbonyl (C=O) groups excluding carboxylic acids is 1. The molecule has 5 heteroatoms. The summed E-state index contributed by atoms with van der Waals surface area (Å²) in [5, 5.41) is 3.64. The molecule has 4 nitrogen and oxygen atoms in total. The quantitative estimate of drug-likeness (QED) is 0.865. The van der Waals surface area contributed by atoms with Crippen molar-refractivity contribution >= 4 is 22.4 Å². The number of hydrogen-bond acceptors (Lipinski definition) is 4. The molecule has 0 bridgehead atoms. The number of thiazole rings is 1. The van der Waals surface area contributed by atoms with Crippen molar-refractivity contribution in [3.63, 3.8) is 0 Å². The zero-order chi connectivity index (χ0) is 17.1. The third-order valence-corrected chi connectivity index (χ3v) is 5.14. The van der Waals surface area contributed by atoms with E-state index in [1.807, 2.05) is 12.1 Å². The van der Waals surface area contributed by atoms with Gasteiger partial charge >= 0.3 is 0 Å². The number of nitrogens with zero attached hydrogens (tertiary/aromatic N) is 1. The number of hydrogen-bond donors (Lipinski definition) is 1. The molecule has 0 unspecified atom stereocenters. The third-order valence-electron chi connectivity index (χ3n) is 4.11. The van der Waals surface area contributed by atoms with Gasteiger partial charge in [-0.15, -0.1) is 11.3 Å². The summed E-state index contributed by atoms with van der Waals surface area (Å²) in [7, 11) is 0. The Labute approximate surface area is 147 Å². The Bertz CT molecular complexity index is 707. The number of amides is 1. The fourth-order valence-corrected chi connectivity index (χ4v) is 3.89. The number of benzene rings is 1. The van der Waals surface area contributed by atoms with E-state index in [2.05, 4.69) is 31.1 Å². The monoisotopic (exact) mass is 344 g/mol. The van der Waals surface area contributed by atoms with Gasteiger partial charge in [0.05, 0.1) is 12.3 Å². The molecule has 1 N–H and O–H groups in total.